The van der Waals surface area contributed by atoms with Crippen LogP contribution in [0.15, 0.2) is 54.6 Å². The zero-order valence-electron chi connectivity index (χ0n) is 12.9. The highest BCUT2D eigenvalue weighted by Crippen LogP contribution is 2.26. The topological polar surface area (TPSA) is 37.4 Å². The monoisotopic (exact) mass is 317 g/mol. The van der Waals surface area contributed by atoms with Gasteiger partial charge in [-0.15, -0.1) is 0 Å². The summed E-state index contributed by atoms with van der Waals surface area (Å²) in [5.41, 5.74) is 0.858. The normalized spacial score (nSPS) is 10.9. The van der Waals surface area contributed by atoms with Crippen LogP contribution in [-0.4, -0.2) is 24.2 Å². The summed E-state index contributed by atoms with van der Waals surface area (Å²) in [4.78, 5) is 25.5. The predicted molar refractivity (Wildman–Crippen MR) is 84.9 cm³/mol. The van der Waals surface area contributed by atoms with Crippen LogP contribution in [0.1, 0.15) is 29.8 Å². The molecule has 5 heteroatoms. The second-order valence-electron chi connectivity index (χ2n) is 5.31. The zero-order chi connectivity index (χ0) is 17.0. The van der Waals surface area contributed by atoms with Crippen molar-refractivity contribution in [3.05, 3.63) is 65.7 Å². The number of halogens is 2. The molecule has 2 aromatic carbocycles. The molecule has 2 rings (SSSR count). The van der Waals surface area contributed by atoms with Crippen LogP contribution in [0.3, 0.4) is 0 Å². The number of carbonyl (C=O) groups excluding carboxylic acids is 2. The molecule has 0 aliphatic carbocycles. The van der Waals surface area contributed by atoms with Crippen LogP contribution in [0, 0.1) is 0 Å². The molecule has 120 valence electrons. The average molecular weight is 317 g/mol. The van der Waals surface area contributed by atoms with E-state index in [0.717, 1.165) is 4.90 Å². The molecule has 3 nitrogen and oxygen atoms in total. The molecule has 0 spiro atoms. The van der Waals surface area contributed by atoms with Gasteiger partial charge in [0.25, 0.3) is 5.91 Å². The Kier molecular flexibility index (Phi) is 5.21. The van der Waals surface area contributed by atoms with Gasteiger partial charge in [0.15, 0.2) is 5.78 Å². The van der Waals surface area contributed by atoms with Gasteiger partial charge in [0, 0.05) is 17.2 Å². The molecule has 0 N–H and O–H groups in total. The SMILES string of the molecule is CC(C)N(C(=O)C(F)F)c1ccccc1C(=O)c1ccccc1. The highest BCUT2D eigenvalue weighted by Gasteiger charge is 2.29. The predicted octanol–water partition coefficient (Wildman–Crippen LogP) is 3.92. The molecule has 0 aromatic heterocycles. The first kappa shape index (κ1) is 16.8. The van der Waals surface area contributed by atoms with Crippen molar-refractivity contribution in [2.24, 2.45) is 0 Å². The fourth-order valence-electron chi connectivity index (χ4n) is 2.38. The maximum Gasteiger partial charge on any atom is 0.316 e. The fourth-order valence-corrected chi connectivity index (χ4v) is 2.38. The van der Waals surface area contributed by atoms with E-state index < -0.39 is 18.4 Å². The Morgan fingerprint density at radius 3 is 2.04 bits per heavy atom. The van der Waals surface area contributed by atoms with Crippen molar-refractivity contribution in [1.82, 2.24) is 0 Å². The van der Waals surface area contributed by atoms with Crippen molar-refractivity contribution in [3.8, 4) is 0 Å². The van der Waals surface area contributed by atoms with Gasteiger partial charge in [-0.05, 0) is 26.0 Å². The molecule has 0 bridgehead atoms. The lowest BCUT2D eigenvalue weighted by atomic mass is 10.0. The minimum absolute atomic E-state index is 0.196. The molecule has 0 fully saturated rings. The Morgan fingerprint density at radius 2 is 1.48 bits per heavy atom. The van der Waals surface area contributed by atoms with Crippen LogP contribution >= 0.6 is 0 Å². The first-order valence-corrected chi connectivity index (χ1v) is 7.23. The number of carbonyl (C=O) groups is 2. The number of amides is 1. The first-order chi connectivity index (χ1) is 10.9. The number of alkyl halides is 2. The molecule has 0 saturated heterocycles. The third-order valence-corrected chi connectivity index (χ3v) is 3.38. The Labute approximate surface area is 133 Å². The van der Waals surface area contributed by atoms with E-state index in [1.807, 2.05) is 0 Å². The lowest BCUT2D eigenvalue weighted by Gasteiger charge is -2.28. The second-order valence-corrected chi connectivity index (χ2v) is 5.31. The first-order valence-electron chi connectivity index (χ1n) is 7.23. The average Bonchev–Trinajstić information content (AvgIpc) is 2.55. The van der Waals surface area contributed by atoms with Crippen molar-refractivity contribution in [1.29, 1.82) is 0 Å². The summed E-state index contributed by atoms with van der Waals surface area (Å²) in [6, 6.07) is 14.3. The van der Waals surface area contributed by atoms with Gasteiger partial charge in [-0.1, -0.05) is 42.5 Å². The maximum atomic E-state index is 12.9. The van der Waals surface area contributed by atoms with Gasteiger partial charge in [0.2, 0.25) is 0 Å². The van der Waals surface area contributed by atoms with Gasteiger partial charge in [-0.3, -0.25) is 9.59 Å². The van der Waals surface area contributed by atoms with Gasteiger partial charge in [0.05, 0.1) is 5.69 Å². The Morgan fingerprint density at radius 1 is 0.913 bits per heavy atom. The van der Waals surface area contributed by atoms with Crippen molar-refractivity contribution >= 4 is 17.4 Å². The van der Waals surface area contributed by atoms with Crippen LogP contribution in [-0.2, 0) is 4.79 Å². The highest BCUT2D eigenvalue weighted by atomic mass is 19.3. The largest absolute Gasteiger partial charge is 0.316 e. The maximum absolute atomic E-state index is 12.9. The summed E-state index contributed by atoms with van der Waals surface area (Å²) in [5.74, 6) is -1.62. The minimum Gasteiger partial charge on any atom is -0.304 e. The molecule has 23 heavy (non-hydrogen) atoms. The van der Waals surface area contributed by atoms with Crippen LogP contribution in [0.2, 0.25) is 0 Å². The fraction of sp³-hybridized carbons (Fsp3) is 0.222. The van der Waals surface area contributed by atoms with Crippen molar-refractivity contribution < 1.29 is 18.4 Å². The Bertz CT molecular complexity index is 699. The molecular formula is C18H17F2NO2. The van der Waals surface area contributed by atoms with Gasteiger partial charge in [0.1, 0.15) is 0 Å². The molecular weight excluding hydrogens is 300 g/mol. The summed E-state index contributed by atoms with van der Waals surface area (Å²) in [7, 11) is 0. The summed E-state index contributed by atoms with van der Waals surface area (Å²) in [5, 5.41) is 0. The van der Waals surface area contributed by atoms with Gasteiger partial charge < -0.3 is 4.90 Å². The van der Waals surface area contributed by atoms with Crippen LogP contribution in [0.25, 0.3) is 0 Å². The highest BCUT2D eigenvalue weighted by molar-refractivity contribution is 6.14. The van der Waals surface area contributed by atoms with Crippen LogP contribution in [0.4, 0.5) is 14.5 Å². The quantitative estimate of drug-likeness (QED) is 0.784. The summed E-state index contributed by atoms with van der Waals surface area (Å²) >= 11 is 0. The van der Waals surface area contributed by atoms with Crippen LogP contribution in [0.5, 0.6) is 0 Å². The second kappa shape index (κ2) is 7.13. The van der Waals surface area contributed by atoms with E-state index in [1.165, 1.54) is 6.07 Å². The van der Waals surface area contributed by atoms with Crippen molar-refractivity contribution in [2.45, 2.75) is 26.3 Å². The van der Waals surface area contributed by atoms with E-state index >= 15 is 0 Å². The van der Waals surface area contributed by atoms with Crippen LogP contribution < -0.4 is 4.90 Å². The molecule has 0 atom stereocenters. The van der Waals surface area contributed by atoms with E-state index in [2.05, 4.69) is 0 Å². The number of ketones is 1. The summed E-state index contributed by atoms with van der Waals surface area (Å²) in [6.45, 7) is 3.26. The zero-order valence-corrected chi connectivity index (χ0v) is 12.9. The lowest BCUT2D eigenvalue weighted by Crippen LogP contribution is -2.41. The molecule has 0 unspecified atom stereocenters. The number of nitrogens with zero attached hydrogens (tertiary/aromatic N) is 1. The van der Waals surface area contributed by atoms with Gasteiger partial charge >= 0.3 is 6.43 Å². The molecule has 0 aliphatic heterocycles. The van der Waals surface area contributed by atoms with Crippen molar-refractivity contribution in [3.63, 3.8) is 0 Å². The number of rotatable bonds is 5. The molecule has 2 aromatic rings. The number of hydrogen-bond donors (Lipinski definition) is 0. The third-order valence-electron chi connectivity index (χ3n) is 3.38. The van der Waals surface area contributed by atoms with E-state index in [9.17, 15) is 18.4 Å². The minimum atomic E-state index is -3.13. The van der Waals surface area contributed by atoms with E-state index in [0.29, 0.717) is 5.56 Å². The smallest absolute Gasteiger partial charge is 0.304 e. The lowest BCUT2D eigenvalue weighted by molar-refractivity contribution is -0.129. The van der Waals surface area contributed by atoms with Gasteiger partial charge in [-0.2, -0.15) is 8.78 Å². The van der Waals surface area contributed by atoms with Gasteiger partial charge in [-0.25, -0.2) is 0 Å². The Hall–Kier alpha value is -2.56. The molecule has 0 aliphatic rings. The van der Waals surface area contributed by atoms with Crippen molar-refractivity contribution in [2.75, 3.05) is 4.90 Å². The van der Waals surface area contributed by atoms with E-state index in [4.69, 9.17) is 0 Å². The molecule has 0 radical (unpaired) electrons. The Balaban J connectivity index is 2.52. The summed E-state index contributed by atoms with van der Waals surface area (Å²) in [6.07, 6.45) is -3.13. The number of benzene rings is 2. The van der Waals surface area contributed by atoms with E-state index in [1.54, 1.807) is 62.4 Å². The third kappa shape index (κ3) is 3.62. The standard InChI is InChI=1S/C18H17F2NO2/c1-12(2)21(18(23)17(19)20)15-11-7-6-10-14(15)16(22)13-8-4-3-5-9-13/h3-12,17H,1-2H3. The molecule has 1 amide bonds. The number of para-hydroxylation sites is 1. The molecule has 0 heterocycles. The van der Waals surface area contributed by atoms with E-state index in [-0.39, 0.29) is 17.0 Å². The molecule has 0 saturated carbocycles. The number of anilines is 1. The summed E-state index contributed by atoms with van der Waals surface area (Å²) < 4.78 is 25.8. The number of hydrogen-bond acceptors (Lipinski definition) is 2.